The van der Waals surface area contributed by atoms with Gasteiger partial charge < -0.3 is 15.7 Å². The number of nitrogens with zero attached hydrogens (tertiary/aromatic N) is 2. The third kappa shape index (κ3) is 5.75. The van der Waals surface area contributed by atoms with Crippen molar-refractivity contribution in [2.75, 3.05) is 6.54 Å². The lowest BCUT2D eigenvalue weighted by molar-refractivity contribution is 0.183. The van der Waals surface area contributed by atoms with Gasteiger partial charge >= 0.3 is 6.03 Å². The predicted octanol–water partition coefficient (Wildman–Crippen LogP) is 2.06. The summed E-state index contributed by atoms with van der Waals surface area (Å²) >= 11 is 0. The maximum atomic E-state index is 11.8. The quantitative estimate of drug-likeness (QED) is 0.731. The monoisotopic (exact) mass is 316 g/mol. The van der Waals surface area contributed by atoms with Gasteiger partial charge in [0.05, 0.1) is 24.9 Å². The third-order valence-corrected chi connectivity index (χ3v) is 3.54. The van der Waals surface area contributed by atoms with Crippen LogP contribution in [0.5, 0.6) is 0 Å². The highest BCUT2D eigenvalue weighted by molar-refractivity contribution is 5.74. The second-order valence-electron chi connectivity index (χ2n) is 5.72. The molecule has 2 unspecified atom stereocenters. The van der Waals surface area contributed by atoms with Crippen LogP contribution in [0, 0.1) is 0 Å². The van der Waals surface area contributed by atoms with E-state index in [0.29, 0.717) is 19.5 Å². The normalized spacial score (nSPS) is 13.3. The Morgan fingerprint density at radius 1 is 1.30 bits per heavy atom. The molecule has 2 atom stereocenters. The number of urea groups is 1. The first kappa shape index (κ1) is 17.0. The van der Waals surface area contributed by atoms with Crippen molar-refractivity contribution in [2.24, 2.45) is 0 Å². The zero-order valence-corrected chi connectivity index (χ0v) is 13.6. The molecule has 2 amide bonds. The lowest BCUT2D eigenvalue weighted by Crippen LogP contribution is -2.38. The lowest BCUT2D eigenvalue weighted by Gasteiger charge is -2.13. The number of aromatic nitrogens is 2. The summed E-state index contributed by atoms with van der Waals surface area (Å²) in [5.74, 6) is 0. The molecule has 0 saturated carbocycles. The molecule has 6 heteroatoms. The fraction of sp³-hybridized carbons (Fsp3) is 0.412. The van der Waals surface area contributed by atoms with E-state index in [2.05, 4.69) is 27.9 Å². The van der Waals surface area contributed by atoms with Crippen molar-refractivity contribution in [1.82, 2.24) is 20.4 Å². The number of aliphatic hydroxyl groups excluding tert-OH is 1. The number of hydrogen-bond acceptors (Lipinski definition) is 3. The highest BCUT2D eigenvalue weighted by Gasteiger charge is 2.11. The lowest BCUT2D eigenvalue weighted by atomic mass is 10.2. The van der Waals surface area contributed by atoms with E-state index in [0.717, 1.165) is 5.56 Å². The molecular formula is C17H24N4O2. The van der Waals surface area contributed by atoms with Crippen LogP contribution in [0.15, 0.2) is 42.7 Å². The largest absolute Gasteiger partial charge is 0.393 e. The van der Waals surface area contributed by atoms with Gasteiger partial charge in [0.2, 0.25) is 0 Å². The van der Waals surface area contributed by atoms with Crippen LogP contribution >= 0.6 is 0 Å². The molecule has 0 aliphatic rings. The van der Waals surface area contributed by atoms with Gasteiger partial charge in [-0.3, -0.25) is 4.68 Å². The van der Waals surface area contributed by atoms with Gasteiger partial charge in [-0.2, -0.15) is 5.10 Å². The van der Waals surface area contributed by atoms with Gasteiger partial charge in [0.15, 0.2) is 0 Å². The van der Waals surface area contributed by atoms with E-state index in [9.17, 15) is 4.79 Å². The van der Waals surface area contributed by atoms with E-state index in [1.54, 1.807) is 13.1 Å². The third-order valence-electron chi connectivity index (χ3n) is 3.54. The minimum Gasteiger partial charge on any atom is -0.393 e. The van der Waals surface area contributed by atoms with Crippen molar-refractivity contribution in [3.63, 3.8) is 0 Å². The van der Waals surface area contributed by atoms with Crippen LogP contribution in [0.3, 0.4) is 0 Å². The Balaban J connectivity index is 1.83. The number of carbonyl (C=O) groups excluding carboxylic acids is 1. The van der Waals surface area contributed by atoms with Crippen LogP contribution in [0.4, 0.5) is 4.79 Å². The summed E-state index contributed by atoms with van der Waals surface area (Å²) < 4.78 is 1.86. The van der Waals surface area contributed by atoms with E-state index < -0.39 is 6.10 Å². The molecule has 23 heavy (non-hydrogen) atoms. The maximum Gasteiger partial charge on any atom is 0.315 e. The number of nitrogens with one attached hydrogen (secondary N) is 2. The molecule has 1 aromatic carbocycles. The topological polar surface area (TPSA) is 79.2 Å². The zero-order chi connectivity index (χ0) is 16.7. The fourth-order valence-electron chi connectivity index (χ4n) is 2.19. The molecule has 0 saturated heterocycles. The summed E-state index contributed by atoms with van der Waals surface area (Å²) in [4.78, 5) is 11.8. The molecule has 2 aromatic rings. The molecule has 0 aliphatic heterocycles. The Bertz CT molecular complexity index is 610. The predicted molar refractivity (Wildman–Crippen MR) is 89.0 cm³/mol. The van der Waals surface area contributed by atoms with E-state index in [4.69, 9.17) is 5.11 Å². The summed E-state index contributed by atoms with van der Waals surface area (Å²) in [6.07, 6.45) is 3.83. The molecule has 0 spiro atoms. The van der Waals surface area contributed by atoms with Crippen LogP contribution in [-0.2, 0) is 6.54 Å². The van der Waals surface area contributed by atoms with Gasteiger partial charge in [-0.05, 0) is 25.8 Å². The van der Waals surface area contributed by atoms with Gasteiger partial charge in [-0.1, -0.05) is 30.3 Å². The smallest absolute Gasteiger partial charge is 0.315 e. The van der Waals surface area contributed by atoms with E-state index in [1.165, 1.54) is 5.56 Å². The Morgan fingerprint density at radius 2 is 2.04 bits per heavy atom. The number of carbonyl (C=O) groups is 1. The van der Waals surface area contributed by atoms with Crippen molar-refractivity contribution >= 4 is 6.03 Å². The van der Waals surface area contributed by atoms with Crippen molar-refractivity contribution in [2.45, 2.75) is 39.0 Å². The number of rotatable bonds is 7. The van der Waals surface area contributed by atoms with Crippen molar-refractivity contribution in [3.8, 4) is 0 Å². The molecule has 0 radical (unpaired) electrons. The summed E-state index contributed by atoms with van der Waals surface area (Å²) in [5, 5.41) is 19.1. The minimum absolute atomic E-state index is 0.133. The molecule has 1 heterocycles. The summed E-state index contributed by atoms with van der Waals surface area (Å²) in [7, 11) is 0. The van der Waals surface area contributed by atoms with Crippen LogP contribution in [0.1, 0.15) is 37.4 Å². The van der Waals surface area contributed by atoms with Crippen LogP contribution in [0.25, 0.3) is 0 Å². The molecule has 124 valence electrons. The zero-order valence-electron chi connectivity index (χ0n) is 13.6. The molecule has 2 rings (SSSR count). The average Bonchev–Trinajstić information content (AvgIpc) is 2.96. The number of hydrogen-bond donors (Lipinski definition) is 3. The highest BCUT2D eigenvalue weighted by atomic mass is 16.3. The van der Waals surface area contributed by atoms with Crippen LogP contribution in [0.2, 0.25) is 0 Å². The van der Waals surface area contributed by atoms with Gasteiger partial charge in [0.25, 0.3) is 0 Å². The standard InChI is InChI=1S/C17H24N4O2/c1-13(22)8-9-18-17(23)20-14(2)16-10-19-21(12-16)11-15-6-4-3-5-7-15/h3-7,10,12-14,22H,8-9,11H2,1-2H3,(H2,18,20,23). The maximum absolute atomic E-state index is 11.8. The van der Waals surface area contributed by atoms with E-state index in [1.807, 2.05) is 36.0 Å². The van der Waals surface area contributed by atoms with Crippen molar-refractivity contribution in [1.29, 1.82) is 0 Å². The van der Waals surface area contributed by atoms with E-state index in [-0.39, 0.29) is 12.1 Å². The highest BCUT2D eigenvalue weighted by Crippen LogP contribution is 2.12. The van der Waals surface area contributed by atoms with Crippen molar-refractivity contribution < 1.29 is 9.90 Å². The first-order chi connectivity index (χ1) is 11.0. The Hall–Kier alpha value is -2.34. The SMILES string of the molecule is CC(O)CCNC(=O)NC(C)c1cnn(Cc2ccccc2)c1. The Kier molecular flexibility index (Phi) is 6.17. The van der Waals surface area contributed by atoms with Crippen LogP contribution in [-0.4, -0.2) is 33.6 Å². The van der Waals surface area contributed by atoms with Gasteiger partial charge in [-0.25, -0.2) is 4.79 Å². The second kappa shape index (κ2) is 8.33. The molecular weight excluding hydrogens is 292 g/mol. The van der Waals surface area contributed by atoms with Gasteiger partial charge in [0.1, 0.15) is 0 Å². The molecule has 1 aromatic heterocycles. The van der Waals surface area contributed by atoms with E-state index >= 15 is 0 Å². The van der Waals surface area contributed by atoms with Gasteiger partial charge in [-0.15, -0.1) is 0 Å². The Morgan fingerprint density at radius 3 is 2.74 bits per heavy atom. The summed E-state index contributed by atoms with van der Waals surface area (Å²) in [6, 6.07) is 9.72. The number of benzene rings is 1. The average molecular weight is 316 g/mol. The van der Waals surface area contributed by atoms with Crippen molar-refractivity contribution in [3.05, 3.63) is 53.9 Å². The number of amides is 2. The molecule has 3 N–H and O–H groups in total. The second-order valence-corrected chi connectivity index (χ2v) is 5.72. The van der Waals surface area contributed by atoms with Gasteiger partial charge in [0, 0.05) is 18.3 Å². The molecule has 6 nitrogen and oxygen atoms in total. The Labute approximate surface area is 136 Å². The molecule has 0 aliphatic carbocycles. The minimum atomic E-state index is -0.413. The first-order valence-corrected chi connectivity index (χ1v) is 7.83. The molecule has 0 bridgehead atoms. The molecule has 0 fully saturated rings. The number of aliphatic hydroxyl groups is 1. The van der Waals surface area contributed by atoms with Crippen LogP contribution < -0.4 is 10.6 Å². The summed E-state index contributed by atoms with van der Waals surface area (Å²) in [5.41, 5.74) is 2.13. The fourth-order valence-corrected chi connectivity index (χ4v) is 2.19. The summed E-state index contributed by atoms with van der Waals surface area (Å²) in [6.45, 7) is 4.76. The first-order valence-electron chi connectivity index (χ1n) is 7.83.